The molecule has 1 aromatic rings. The minimum Gasteiger partial charge on any atom is -0.485 e. The van der Waals surface area contributed by atoms with Crippen LogP contribution in [0.15, 0.2) is 18.5 Å². The lowest BCUT2D eigenvalue weighted by molar-refractivity contribution is 0.0961. The predicted molar refractivity (Wildman–Crippen MR) is 41.3 cm³/mol. The fraction of sp³-hybridized carbons (Fsp3) is 0.143. The van der Waals surface area contributed by atoms with Gasteiger partial charge in [0.25, 0.3) is 0 Å². The average molecular weight is 172 g/mol. The number of hydrogen-bond acceptors (Lipinski definition) is 3. The number of pyridine rings is 1. The standard InChI is InChI=1S/C7H5NO2.ClH/c9-6-4-10-7-1-2-8-3-5(6)7;/h1-3H,4H2;1H. The molecular formula is C7H6ClNO2. The molecule has 0 spiro atoms. The van der Waals surface area contributed by atoms with Crippen LogP contribution in [0.25, 0.3) is 0 Å². The van der Waals surface area contributed by atoms with E-state index in [1.165, 1.54) is 6.20 Å². The van der Waals surface area contributed by atoms with Crippen molar-refractivity contribution in [2.45, 2.75) is 0 Å². The van der Waals surface area contributed by atoms with Gasteiger partial charge in [0, 0.05) is 12.4 Å². The van der Waals surface area contributed by atoms with Crippen LogP contribution in [0.2, 0.25) is 0 Å². The lowest BCUT2D eigenvalue weighted by atomic mass is 10.2. The van der Waals surface area contributed by atoms with Crippen molar-refractivity contribution in [3.05, 3.63) is 24.0 Å². The fourth-order valence-electron chi connectivity index (χ4n) is 0.938. The molecular weight excluding hydrogens is 166 g/mol. The molecule has 0 radical (unpaired) electrons. The Kier molecular flexibility index (Phi) is 2.10. The number of ether oxygens (including phenoxy) is 1. The van der Waals surface area contributed by atoms with Crippen LogP contribution < -0.4 is 4.74 Å². The van der Waals surface area contributed by atoms with Crippen LogP contribution in [-0.2, 0) is 0 Å². The molecule has 0 amide bonds. The van der Waals surface area contributed by atoms with Gasteiger partial charge >= 0.3 is 0 Å². The van der Waals surface area contributed by atoms with Gasteiger partial charge in [-0.05, 0) is 6.07 Å². The number of fused-ring (bicyclic) bond motifs is 1. The van der Waals surface area contributed by atoms with Crippen LogP contribution in [0.5, 0.6) is 5.75 Å². The van der Waals surface area contributed by atoms with Crippen molar-refractivity contribution in [1.29, 1.82) is 0 Å². The fourth-order valence-corrected chi connectivity index (χ4v) is 0.938. The maximum Gasteiger partial charge on any atom is 0.205 e. The van der Waals surface area contributed by atoms with Gasteiger partial charge in [0.15, 0.2) is 6.61 Å². The number of aromatic nitrogens is 1. The molecule has 11 heavy (non-hydrogen) atoms. The molecule has 0 bridgehead atoms. The van der Waals surface area contributed by atoms with Crippen molar-refractivity contribution in [1.82, 2.24) is 4.98 Å². The molecule has 2 heterocycles. The van der Waals surface area contributed by atoms with Crippen molar-refractivity contribution < 1.29 is 9.53 Å². The largest absolute Gasteiger partial charge is 0.485 e. The maximum atomic E-state index is 10.9. The van der Waals surface area contributed by atoms with E-state index in [9.17, 15) is 4.79 Å². The van der Waals surface area contributed by atoms with Gasteiger partial charge in [0.05, 0.1) is 5.56 Å². The third-order valence-corrected chi connectivity index (χ3v) is 1.44. The number of rotatable bonds is 0. The van der Waals surface area contributed by atoms with Gasteiger partial charge in [-0.2, -0.15) is 0 Å². The Morgan fingerprint density at radius 1 is 1.55 bits per heavy atom. The SMILES string of the molecule is Cl.O=C1COc2ccncc21. The Hall–Kier alpha value is -1.09. The van der Waals surface area contributed by atoms with E-state index in [1.54, 1.807) is 12.3 Å². The van der Waals surface area contributed by atoms with Gasteiger partial charge in [-0.1, -0.05) is 0 Å². The smallest absolute Gasteiger partial charge is 0.205 e. The summed E-state index contributed by atoms with van der Waals surface area (Å²) >= 11 is 0. The lowest BCUT2D eigenvalue weighted by Gasteiger charge is -1.91. The predicted octanol–water partition coefficient (Wildman–Crippen LogP) is 1.08. The number of hydrogen-bond donors (Lipinski definition) is 0. The summed E-state index contributed by atoms with van der Waals surface area (Å²) in [5, 5.41) is 0. The first kappa shape index (κ1) is 8.01. The van der Waals surface area contributed by atoms with E-state index in [0.717, 1.165) is 0 Å². The molecule has 0 N–H and O–H groups in total. The highest BCUT2D eigenvalue weighted by atomic mass is 35.5. The molecule has 0 aromatic carbocycles. The molecule has 0 saturated heterocycles. The monoisotopic (exact) mass is 171 g/mol. The molecule has 3 nitrogen and oxygen atoms in total. The molecule has 0 unspecified atom stereocenters. The minimum atomic E-state index is 0. The van der Waals surface area contributed by atoms with Crippen LogP contribution in [0.3, 0.4) is 0 Å². The zero-order chi connectivity index (χ0) is 6.97. The normalized spacial score (nSPS) is 13.3. The molecule has 1 aliphatic heterocycles. The first-order chi connectivity index (χ1) is 4.88. The van der Waals surface area contributed by atoms with Crippen LogP contribution in [0, 0.1) is 0 Å². The summed E-state index contributed by atoms with van der Waals surface area (Å²) in [5.74, 6) is 0.670. The van der Waals surface area contributed by atoms with Gasteiger partial charge in [0.1, 0.15) is 5.75 Å². The average Bonchev–Trinajstić information content (AvgIpc) is 2.34. The van der Waals surface area contributed by atoms with Crippen molar-refractivity contribution in [3.63, 3.8) is 0 Å². The van der Waals surface area contributed by atoms with Crippen molar-refractivity contribution in [2.24, 2.45) is 0 Å². The molecule has 1 aromatic heterocycles. The second kappa shape index (κ2) is 2.88. The maximum absolute atomic E-state index is 10.9. The Balaban J connectivity index is 0.000000605. The summed E-state index contributed by atoms with van der Waals surface area (Å²) in [4.78, 5) is 14.7. The van der Waals surface area contributed by atoms with E-state index in [1.807, 2.05) is 0 Å². The Labute approximate surface area is 69.8 Å². The molecule has 0 saturated carbocycles. The van der Waals surface area contributed by atoms with E-state index in [4.69, 9.17) is 4.74 Å². The molecule has 0 atom stereocenters. The summed E-state index contributed by atoms with van der Waals surface area (Å²) < 4.78 is 5.02. The van der Waals surface area contributed by atoms with Crippen LogP contribution >= 0.6 is 12.4 Å². The summed E-state index contributed by atoms with van der Waals surface area (Å²) in [5.41, 5.74) is 0.600. The highest BCUT2D eigenvalue weighted by Gasteiger charge is 2.19. The van der Waals surface area contributed by atoms with Gasteiger partial charge < -0.3 is 4.74 Å². The Bertz CT molecular complexity index is 288. The lowest BCUT2D eigenvalue weighted by Crippen LogP contribution is -1.98. The Morgan fingerprint density at radius 3 is 3.09 bits per heavy atom. The Morgan fingerprint density at radius 2 is 2.36 bits per heavy atom. The number of ketones is 1. The molecule has 58 valence electrons. The zero-order valence-electron chi connectivity index (χ0n) is 5.61. The minimum absolute atomic E-state index is 0. The number of carbonyl (C=O) groups excluding carboxylic acids is 1. The van der Waals surface area contributed by atoms with E-state index < -0.39 is 0 Å². The molecule has 0 aliphatic carbocycles. The summed E-state index contributed by atoms with van der Waals surface area (Å²) in [6, 6.07) is 1.69. The molecule has 0 fully saturated rings. The zero-order valence-corrected chi connectivity index (χ0v) is 6.43. The first-order valence-corrected chi connectivity index (χ1v) is 2.98. The second-order valence-electron chi connectivity index (χ2n) is 2.08. The molecule has 4 heteroatoms. The van der Waals surface area contributed by atoms with E-state index >= 15 is 0 Å². The molecule has 1 aliphatic rings. The van der Waals surface area contributed by atoms with Crippen LogP contribution in [0.4, 0.5) is 0 Å². The number of Topliss-reactive ketones (excluding diaryl/α,β-unsaturated/α-hetero) is 1. The van der Waals surface area contributed by atoms with E-state index in [0.29, 0.717) is 11.3 Å². The quantitative estimate of drug-likeness (QED) is 0.587. The second-order valence-corrected chi connectivity index (χ2v) is 2.08. The summed E-state index contributed by atoms with van der Waals surface area (Å²) in [7, 11) is 0. The number of halogens is 1. The number of nitrogens with zero attached hydrogens (tertiary/aromatic N) is 1. The summed E-state index contributed by atoms with van der Waals surface area (Å²) in [6.07, 6.45) is 3.14. The first-order valence-electron chi connectivity index (χ1n) is 2.98. The van der Waals surface area contributed by atoms with Crippen molar-refractivity contribution >= 4 is 18.2 Å². The van der Waals surface area contributed by atoms with Gasteiger partial charge in [-0.3, -0.25) is 9.78 Å². The van der Waals surface area contributed by atoms with Gasteiger partial charge in [-0.25, -0.2) is 0 Å². The van der Waals surface area contributed by atoms with Gasteiger partial charge in [0.2, 0.25) is 5.78 Å². The number of carbonyl (C=O) groups is 1. The third kappa shape index (κ3) is 1.19. The van der Waals surface area contributed by atoms with E-state index in [2.05, 4.69) is 4.98 Å². The summed E-state index contributed by atoms with van der Waals surface area (Å²) in [6.45, 7) is 0.168. The van der Waals surface area contributed by atoms with Crippen LogP contribution in [0.1, 0.15) is 10.4 Å². The van der Waals surface area contributed by atoms with Gasteiger partial charge in [-0.15, -0.1) is 12.4 Å². The van der Waals surface area contributed by atoms with E-state index in [-0.39, 0.29) is 24.8 Å². The highest BCUT2D eigenvalue weighted by Crippen LogP contribution is 2.22. The van der Waals surface area contributed by atoms with Crippen molar-refractivity contribution in [2.75, 3.05) is 6.61 Å². The molecule has 2 rings (SSSR count). The third-order valence-electron chi connectivity index (χ3n) is 1.44. The van der Waals surface area contributed by atoms with Crippen molar-refractivity contribution in [3.8, 4) is 5.75 Å². The van der Waals surface area contributed by atoms with Crippen LogP contribution in [-0.4, -0.2) is 17.4 Å². The topological polar surface area (TPSA) is 39.2 Å². The highest BCUT2D eigenvalue weighted by molar-refractivity contribution is 6.01.